The number of hydrogen-bond acceptors (Lipinski definition) is 7. The Balaban J connectivity index is 1.01. The molecule has 40 heavy (non-hydrogen) atoms. The molecule has 0 spiro atoms. The molecule has 2 saturated heterocycles. The second-order valence-corrected chi connectivity index (χ2v) is 10.5. The topological polar surface area (TPSA) is 79.4 Å². The summed E-state index contributed by atoms with van der Waals surface area (Å²) in [6, 6.07) is 20.3. The summed E-state index contributed by atoms with van der Waals surface area (Å²) in [7, 11) is 0. The fourth-order valence-electron chi connectivity index (χ4n) is 5.39. The highest BCUT2D eigenvalue weighted by Gasteiger charge is 2.23. The number of carbonyl (C=O) groups excluding carboxylic acids is 3. The van der Waals surface area contributed by atoms with Gasteiger partial charge in [-0.2, -0.15) is 0 Å². The summed E-state index contributed by atoms with van der Waals surface area (Å²) >= 11 is 0. The molecule has 3 aromatic carbocycles. The molecule has 3 aromatic rings. The van der Waals surface area contributed by atoms with E-state index in [4.69, 9.17) is 9.47 Å². The number of hydrogen-bond donors (Lipinski definition) is 0. The summed E-state index contributed by atoms with van der Waals surface area (Å²) < 4.78 is 11.0. The van der Waals surface area contributed by atoms with Crippen molar-refractivity contribution in [1.29, 1.82) is 0 Å². The second-order valence-electron chi connectivity index (χ2n) is 10.5. The van der Waals surface area contributed by atoms with Crippen LogP contribution in [0.5, 0.6) is 5.75 Å². The van der Waals surface area contributed by atoms with Gasteiger partial charge in [0.1, 0.15) is 12.4 Å². The van der Waals surface area contributed by atoms with Crippen LogP contribution in [0.1, 0.15) is 35.2 Å². The number of likely N-dealkylation sites (tertiary alicyclic amines) is 1. The Morgan fingerprint density at radius 3 is 2.20 bits per heavy atom. The summed E-state index contributed by atoms with van der Waals surface area (Å²) in [5, 5.41) is 2.11. The molecular formula is C32H37N3O5. The highest BCUT2D eigenvalue weighted by atomic mass is 16.5. The molecule has 2 aliphatic heterocycles. The second kappa shape index (κ2) is 13.5. The SMILES string of the molecule is O=C(Cc1cccc2ccccc12)Oc1ccc(C(=O)OCCN2CCN(CC(=O)N3CCCCC3)CC2)cc1. The molecule has 2 fully saturated rings. The number of amides is 1. The van der Waals surface area contributed by atoms with E-state index in [1.54, 1.807) is 24.3 Å². The van der Waals surface area contributed by atoms with Gasteiger partial charge >= 0.3 is 11.9 Å². The van der Waals surface area contributed by atoms with Gasteiger partial charge in [-0.1, -0.05) is 42.5 Å². The van der Waals surface area contributed by atoms with Crippen LogP contribution in [0.2, 0.25) is 0 Å². The molecule has 5 rings (SSSR count). The van der Waals surface area contributed by atoms with E-state index in [2.05, 4.69) is 9.80 Å². The minimum atomic E-state index is -0.403. The molecule has 0 unspecified atom stereocenters. The third-order valence-electron chi connectivity index (χ3n) is 7.71. The number of ether oxygens (including phenoxy) is 2. The van der Waals surface area contributed by atoms with Crippen LogP contribution in [-0.4, -0.2) is 91.5 Å². The van der Waals surface area contributed by atoms with Crippen molar-refractivity contribution in [3.63, 3.8) is 0 Å². The first-order valence-electron chi connectivity index (χ1n) is 14.2. The van der Waals surface area contributed by atoms with E-state index in [1.165, 1.54) is 6.42 Å². The lowest BCUT2D eigenvalue weighted by molar-refractivity contribution is -0.134. The summed E-state index contributed by atoms with van der Waals surface area (Å²) in [6.07, 6.45) is 3.61. The van der Waals surface area contributed by atoms with Gasteiger partial charge in [-0.3, -0.25) is 19.4 Å². The molecule has 0 atom stereocenters. The van der Waals surface area contributed by atoms with Crippen LogP contribution in [0.3, 0.4) is 0 Å². The first-order chi connectivity index (χ1) is 19.5. The van der Waals surface area contributed by atoms with E-state index in [-0.39, 0.29) is 18.3 Å². The third-order valence-corrected chi connectivity index (χ3v) is 7.71. The van der Waals surface area contributed by atoms with Crippen molar-refractivity contribution in [2.75, 3.05) is 59.0 Å². The Hall–Kier alpha value is -3.75. The molecule has 0 radical (unpaired) electrons. The lowest BCUT2D eigenvalue weighted by atomic mass is 10.0. The van der Waals surface area contributed by atoms with Gasteiger partial charge in [0, 0.05) is 45.8 Å². The Labute approximate surface area is 235 Å². The predicted molar refractivity (Wildman–Crippen MR) is 153 cm³/mol. The number of esters is 2. The molecular weight excluding hydrogens is 506 g/mol. The van der Waals surface area contributed by atoms with Gasteiger partial charge < -0.3 is 14.4 Å². The van der Waals surface area contributed by atoms with Crippen LogP contribution >= 0.6 is 0 Å². The average molecular weight is 544 g/mol. The number of fused-ring (bicyclic) bond motifs is 1. The first-order valence-corrected chi connectivity index (χ1v) is 14.2. The maximum absolute atomic E-state index is 12.5. The van der Waals surface area contributed by atoms with Crippen molar-refractivity contribution >= 4 is 28.6 Å². The molecule has 0 N–H and O–H groups in total. The molecule has 0 aromatic heterocycles. The Kier molecular flexibility index (Phi) is 9.42. The number of carbonyl (C=O) groups is 3. The summed E-state index contributed by atoms with van der Waals surface area (Å²) in [4.78, 5) is 44.0. The van der Waals surface area contributed by atoms with Gasteiger partial charge in [-0.05, 0) is 59.9 Å². The van der Waals surface area contributed by atoms with E-state index < -0.39 is 5.97 Å². The standard InChI is InChI=1S/C32H37N3O5/c36-30(35-15-4-1-5-16-35)24-34-19-17-33(18-20-34)21-22-39-32(38)26-11-13-28(14-12-26)40-31(37)23-27-9-6-8-25-7-2-3-10-29(25)27/h2-3,6-14H,1,4-5,15-24H2. The molecule has 0 aliphatic carbocycles. The van der Waals surface area contributed by atoms with Gasteiger partial charge in [0.2, 0.25) is 5.91 Å². The fraction of sp³-hybridized carbons (Fsp3) is 0.406. The largest absolute Gasteiger partial charge is 0.461 e. The molecule has 0 bridgehead atoms. The number of rotatable bonds is 9. The Morgan fingerprint density at radius 1 is 0.725 bits per heavy atom. The van der Waals surface area contributed by atoms with E-state index in [1.807, 2.05) is 47.4 Å². The minimum Gasteiger partial charge on any atom is -0.461 e. The summed E-state index contributed by atoms with van der Waals surface area (Å²) in [6.45, 7) is 6.62. The molecule has 0 saturated carbocycles. The Bertz CT molecular complexity index is 1310. The normalized spacial score (nSPS) is 16.6. The fourth-order valence-corrected chi connectivity index (χ4v) is 5.39. The van der Waals surface area contributed by atoms with Crippen LogP contribution in [0.4, 0.5) is 0 Å². The van der Waals surface area contributed by atoms with E-state index >= 15 is 0 Å². The minimum absolute atomic E-state index is 0.161. The summed E-state index contributed by atoms with van der Waals surface area (Å²) in [5.74, 6) is -0.131. The molecule has 8 nitrogen and oxygen atoms in total. The molecule has 8 heteroatoms. The highest BCUT2D eigenvalue weighted by Crippen LogP contribution is 2.20. The molecule has 210 valence electrons. The van der Waals surface area contributed by atoms with Gasteiger partial charge in [0.15, 0.2) is 0 Å². The zero-order valence-electron chi connectivity index (χ0n) is 22.9. The van der Waals surface area contributed by atoms with Crippen molar-refractivity contribution in [3.8, 4) is 5.75 Å². The highest BCUT2D eigenvalue weighted by molar-refractivity contribution is 5.90. The number of piperidine rings is 1. The lowest BCUT2D eigenvalue weighted by Crippen LogP contribution is -2.51. The molecule has 2 aliphatic rings. The predicted octanol–water partition coefficient (Wildman–Crippen LogP) is 3.77. The van der Waals surface area contributed by atoms with Crippen LogP contribution in [-0.2, 0) is 20.7 Å². The van der Waals surface area contributed by atoms with Gasteiger partial charge in [-0.15, -0.1) is 0 Å². The number of nitrogens with zero attached hydrogens (tertiary/aromatic N) is 3. The van der Waals surface area contributed by atoms with Gasteiger partial charge in [0.25, 0.3) is 0 Å². The zero-order chi connectivity index (χ0) is 27.7. The van der Waals surface area contributed by atoms with Crippen LogP contribution in [0.15, 0.2) is 66.7 Å². The third kappa shape index (κ3) is 7.46. The van der Waals surface area contributed by atoms with Gasteiger partial charge in [0.05, 0.1) is 18.5 Å². The van der Waals surface area contributed by atoms with Crippen LogP contribution in [0.25, 0.3) is 10.8 Å². The van der Waals surface area contributed by atoms with E-state index in [0.29, 0.717) is 31.0 Å². The van der Waals surface area contributed by atoms with E-state index in [0.717, 1.165) is 68.4 Å². The van der Waals surface area contributed by atoms with Crippen molar-refractivity contribution in [3.05, 3.63) is 77.9 Å². The van der Waals surface area contributed by atoms with Crippen molar-refractivity contribution in [1.82, 2.24) is 14.7 Å². The van der Waals surface area contributed by atoms with Crippen LogP contribution < -0.4 is 4.74 Å². The maximum Gasteiger partial charge on any atom is 0.338 e. The van der Waals surface area contributed by atoms with Crippen LogP contribution in [0, 0.1) is 0 Å². The zero-order valence-corrected chi connectivity index (χ0v) is 22.9. The van der Waals surface area contributed by atoms with E-state index in [9.17, 15) is 14.4 Å². The summed E-state index contributed by atoms with van der Waals surface area (Å²) in [5.41, 5.74) is 1.32. The number of piperazine rings is 1. The monoisotopic (exact) mass is 543 g/mol. The molecule has 2 heterocycles. The molecule has 1 amide bonds. The van der Waals surface area contributed by atoms with Crippen molar-refractivity contribution < 1.29 is 23.9 Å². The average Bonchev–Trinajstić information content (AvgIpc) is 2.99. The smallest absolute Gasteiger partial charge is 0.338 e. The maximum atomic E-state index is 12.5. The first kappa shape index (κ1) is 27.8. The van der Waals surface area contributed by atoms with Crippen molar-refractivity contribution in [2.45, 2.75) is 25.7 Å². The van der Waals surface area contributed by atoms with Crippen molar-refractivity contribution in [2.24, 2.45) is 0 Å². The lowest BCUT2D eigenvalue weighted by Gasteiger charge is -2.35. The number of benzene rings is 3. The quantitative estimate of drug-likeness (QED) is 0.300. The van der Waals surface area contributed by atoms with Gasteiger partial charge in [-0.25, -0.2) is 4.79 Å². The Morgan fingerprint density at radius 2 is 1.43 bits per heavy atom.